The molecule has 2 N–H and O–H groups in total. The molecule has 0 fully saturated rings. The number of esters is 1. The topological polar surface area (TPSA) is 70.8 Å². The summed E-state index contributed by atoms with van der Waals surface area (Å²) in [6.07, 6.45) is 0. The molecule has 1 aromatic rings. The minimum absolute atomic E-state index is 0.194. The maximum Gasteiger partial charge on any atom is 0.340 e. The summed E-state index contributed by atoms with van der Waals surface area (Å²) in [5.74, 6) is 0.126. The van der Waals surface area contributed by atoms with E-state index in [0.29, 0.717) is 36.8 Å². The maximum absolute atomic E-state index is 11.7. The van der Waals surface area contributed by atoms with Gasteiger partial charge in [-0.25, -0.2) is 4.79 Å². The summed E-state index contributed by atoms with van der Waals surface area (Å²) in [4.78, 5) is 11.7. The van der Waals surface area contributed by atoms with Crippen LogP contribution in [0.4, 0.5) is 5.69 Å². The van der Waals surface area contributed by atoms with Crippen molar-refractivity contribution in [3.8, 4) is 5.75 Å². The van der Waals surface area contributed by atoms with E-state index in [1.807, 2.05) is 20.8 Å². The van der Waals surface area contributed by atoms with E-state index >= 15 is 0 Å². The van der Waals surface area contributed by atoms with Crippen molar-refractivity contribution in [1.29, 1.82) is 0 Å². The van der Waals surface area contributed by atoms with Crippen LogP contribution in [0.15, 0.2) is 18.2 Å². The molecule has 0 aromatic heterocycles. The van der Waals surface area contributed by atoms with Crippen molar-refractivity contribution < 1.29 is 19.0 Å². The molecule has 0 spiro atoms. The molecule has 0 unspecified atom stereocenters. The first-order valence-corrected chi connectivity index (χ1v) is 6.67. The van der Waals surface area contributed by atoms with Gasteiger partial charge < -0.3 is 19.9 Å². The number of nitrogen functional groups attached to an aromatic ring is 1. The molecule has 1 rings (SSSR count). The Kier molecular flexibility index (Phi) is 5.82. The van der Waals surface area contributed by atoms with Crippen molar-refractivity contribution in [2.75, 3.05) is 25.6 Å². The van der Waals surface area contributed by atoms with Gasteiger partial charge in [-0.3, -0.25) is 0 Å². The molecule has 0 aliphatic heterocycles. The van der Waals surface area contributed by atoms with Gasteiger partial charge in [0.15, 0.2) is 0 Å². The Balaban J connectivity index is 2.59. The smallest absolute Gasteiger partial charge is 0.340 e. The van der Waals surface area contributed by atoms with Crippen molar-refractivity contribution in [3.05, 3.63) is 23.8 Å². The number of ether oxygens (including phenoxy) is 3. The Morgan fingerprint density at radius 2 is 1.95 bits per heavy atom. The van der Waals surface area contributed by atoms with Crippen molar-refractivity contribution in [3.63, 3.8) is 0 Å². The lowest BCUT2D eigenvalue weighted by molar-refractivity contribution is -0.0163. The standard InChI is InChI=1S/C15H23NO4/c1-5-18-14(17)12-10-11(6-7-13(12)16)19-8-9-20-15(2,3)4/h6-7,10H,5,8-9,16H2,1-4H3. The quantitative estimate of drug-likeness (QED) is 0.493. The van der Waals surface area contributed by atoms with E-state index in [1.54, 1.807) is 25.1 Å². The van der Waals surface area contributed by atoms with Crippen LogP contribution in [0.25, 0.3) is 0 Å². The number of hydrogen-bond acceptors (Lipinski definition) is 5. The maximum atomic E-state index is 11.7. The number of anilines is 1. The van der Waals surface area contributed by atoms with Gasteiger partial charge in [-0.1, -0.05) is 0 Å². The highest BCUT2D eigenvalue weighted by Gasteiger charge is 2.13. The minimum Gasteiger partial charge on any atom is -0.491 e. The molecule has 20 heavy (non-hydrogen) atoms. The minimum atomic E-state index is -0.443. The molecular formula is C15H23NO4. The first kappa shape index (κ1) is 16.3. The number of benzene rings is 1. The molecule has 0 bridgehead atoms. The molecule has 1 aromatic carbocycles. The van der Waals surface area contributed by atoms with Gasteiger partial charge in [0.25, 0.3) is 0 Å². The summed E-state index contributed by atoms with van der Waals surface area (Å²) < 4.78 is 16.0. The first-order valence-electron chi connectivity index (χ1n) is 6.67. The molecule has 0 amide bonds. The van der Waals surface area contributed by atoms with Gasteiger partial charge in [0.05, 0.1) is 24.4 Å². The van der Waals surface area contributed by atoms with Crippen LogP contribution in [0, 0.1) is 0 Å². The van der Waals surface area contributed by atoms with Crippen LogP contribution >= 0.6 is 0 Å². The lowest BCUT2D eigenvalue weighted by Crippen LogP contribution is -2.22. The fourth-order valence-electron chi connectivity index (χ4n) is 1.52. The van der Waals surface area contributed by atoms with E-state index in [9.17, 15) is 4.79 Å². The Morgan fingerprint density at radius 1 is 1.25 bits per heavy atom. The van der Waals surface area contributed by atoms with E-state index in [0.717, 1.165) is 0 Å². The second kappa shape index (κ2) is 7.14. The fraction of sp³-hybridized carbons (Fsp3) is 0.533. The summed E-state index contributed by atoms with van der Waals surface area (Å²) in [6, 6.07) is 4.94. The number of rotatable bonds is 6. The molecule has 5 heteroatoms. The summed E-state index contributed by atoms with van der Waals surface area (Å²) in [7, 11) is 0. The van der Waals surface area contributed by atoms with E-state index in [1.165, 1.54) is 0 Å². The average molecular weight is 281 g/mol. The van der Waals surface area contributed by atoms with Crippen molar-refractivity contribution in [1.82, 2.24) is 0 Å². The van der Waals surface area contributed by atoms with E-state index in [-0.39, 0.29) is 5.60 Å². The van der Waals surface area contributed by atoms with Crippen molar-refractivity contribution >= 4 is 11.7 Å². The van der Waals surface area contributed by atoms with Crippen molar-refractivity contribution in [2.24, 2.45) is 0 Å². The zero-order valence-corrected chi connectivity index (χ0v) is 12.6. The number of carbonyl (C=O) groups is 1. The van der Waals surface area contributed by atoms with Gasteiger partial charge in [0, 0.05) is 5.69 Å². The van der Waals surface area contributed by atoms with Crippen LogP contribution in [0.5, 0.6) is 5.75 Å². The molecule has 0 saturated carbocycles. The molecule has 0 radical (unpaired) electrons. The Bertz CT molecular complexity index is 452. The highest BCUT2D eigenvalue weighted by atomic mass is 16.5. The summed E-state index contributed by atoms with van der Waals surface area (Å²) in [6.45, 7) is 8.88. The molecule has 0 heterocycles. The van der Waals surface area contributed by atoms with Gasteiger partial charge in [0.2, 0.25) is 0 Å². The van der Waals surface area contributed by atoms with Crippen LogP contribution in [0.3, 0.4) is 0 Å². The average Bonchev–Trinajstić information content (AvgIpc) is 2.35. The third-order valence-corrected chi connectivity index (χ3v) is 2.41. The van der Waals surface area contributed by atoms with Gasteiger partial charge in [-0.05, 0) is 45.9 Å². The third-order valence-electron chi connectivity index (χ3n) is 2.41. The van der Waals surface area contributed by atoms with E-state index in [2.05, 4.69) is 0 Å². The van der Waals surface area contributed by atoms with E-state index in [4.69, 9.17) is 19.9 Å². The van der Waals surface area contributed by atoms with Crippen LogP contribution in [0.2, 0.25) is 0 Å². The van der Waals surface area contributed by atoms with Crippen LogP contribution in [0.1, 0.15) is 38.1 Å². The molecule has 0 saturated heterocycles. The van der Waals surface area contributed by atoms with Gasteiger partial charge in [-0.15, -0.1) is 0 Å². The Labute approximate surface area is 120 Å². The number of hydrogen-bond donors (Lipinski definition) is 1. The molecular weight excluding hydrogens is 258 g/mol. The monoisotopic (exact) mass is 281 g/mol. The molecule has 0 atom stereocenters. The number of carbonyl (C=O) groups excluding carboxylic acids is 1. The molecule has 0 aliphatic carbocycles. The van der Waals surface area contributed by atoms with Crippen LogP contribution in [-0.4, -0.2) is 31.4 Å². The zero-order valence-electron chi connectivity index (χ0n) is 12.6. The number of nitrogens with two attached hydrogens (primary N) is 1. The lowest BCUT2D eigenvalue weighted by atomic mass is 10.2. The fourth-order valence-corrected chi connectivity index (χ4v) is 1.52. The Morgan fingerprint density at radius 3 is 2.55 bits per heavy atom. The van der Waals surface area contributed by atoms with Gasteiger partial charge in [-0.2, -0.15) is 0 Å². The molecule has 5 nitrogen and oxygen atoms in total. The van der Waals surface area contributed by atoms with Gasteiger partial charge >= 0.3 is 5.97 Å². The van der Waals surface area contributed by atoms with Crippen molar-refractivity contribution in [2.45, 2.75) is 33.3 Å². The second-order valence-electron chi connectivity index (χ2n) is 5.28. The first-order chi connectivity index (χ1) is 9.33. The Hall–Kier alpha value is -1.75. The van der Waals surface area contributed by atoms with Gasteiger partial charge in [0.1, 0.15) is 12.4 Å². The predicted molar refractivity (Wildman–Crippen MR) is 78.0 cm³/mol. The SMILES string of the molecule is CCOC(=O)c1cc(OCCOC(C)(C)C)ccc1N. The molecule has 112 valence electrons. The molecule has 0 aliphatic rings. The highest BCUT2D eigenvalue weighted by Crippen LogP contribution is 2.20. The largest absolute Gasteiger partial charge is 0.491 e. The third kappa shape index (κ3) is 5.48. The lowest BCUT2D eigenvalue weighted by Gasteiger charge is -2.19. The predicted octanol–water partition coefficient (Wildman–Crippen LogP) is 2.64. The summed E-state index contributed by atoms with van der Waals surface area (Å²) >= 11 is 0. The summed E-state index contributed by atoms with van der Waals surface area (Å²) in [5.41, 5.74) is 6.25. The zero-order chi connectivity index (χ0) is 15.2. The normalized spacial score (nSPS) is 11.2. The van der Waals surface area contributed by atoms with Crippen LogP contribution < -0.4 is 10.5 Å². The summed E-state index contributed by atoms with van der Waals surface area (Å²) in [5, 5.41) is 0. The van der Waals surface area contributed by atoms with Crippen LogP contribution in [-0.2, 0) is 9.47 Å². The van der Waals surface area contributed by atoms with E-state index < -0.39 is 5.97 Å². The highest BCUT2D eigenvalue weighted by molar-refractivity contribution is 5.95. The second-order valence-corrected chi connectivity index (χ2v) is 5.28.